The first-order chi connectivity index (χ1) is 11.0. The predicted molar refractivity (Wildman–Crippen MR) is 85.1 cm³/mol. The maximum atomic E-state index is 12.5. The van der Waals surface area contributed by atoms with Crippen LogP contribution in [0.4, 0.5) is 5.69 Å². The lowest BCUT2D eigenvalue weighted by atomic mass is 10.3. The average Bonchev–Trinajstić information content (AvgIpc) is 3.19. The first-order valence-corrected chi connectivity index (χ1v) is 9.10. The summed E-state index contributed by atoms with van der Waals surface area (Å²) in [5.74, 6) is -0.304. The molecule has 23 heavy (non-hydrogen) atoms. The summed E-state index contributed by atoms with van der Waals surface area (Å²) in [7, 11) is -3.27. The van der Waals surface area contributed by atoms with Crippen molar-refractivity contribution in [1.82, 2.24) is 5.16 Å². The maximum Gasteiger partial charge on any atom is 0.294 e. The van der Waals surface area contributed by atoms with E-state index in [1.807, 2.05) is 0 Å². The van der Waals surface area contributed by atoms with Crippen molar-refractivity contribution in [3.8, 4) is 0 Å². The number of amides is 1. The normalized spacial score (nSPS) is 15.7. The van der Waals surface area contributed by atoms with Crippen LogP contribution in [0, 0.1) is 6.92 Å². The Hall–Kier alpha value is -2.15. The largest absolute Gasteiger partial charge is 0.351 e. The number of anilines is 1. The summed E-state index contributed by atoms with van der Waals surface area (Å²) in [6, 6.07) is 7.78. The van der Waals surface area contributed by atoms with Crippen molar-refractivity contribution in [1.29, 1.82) is 0 Å². The molecule has 0 spiro atoms. The van der Waals surface area contributed by atoms with Gasteiger partial charge in [0.2, 0.25) is 5.76 Å². The lowest BCUT2D eigenvalue weighted by molar-refractivity contribution is 0.0988. The zero-order chi connectivity index (χ0) is 16.4. The molecule has 0 saturated heterocycles. The van der Waals surface area contributed by atoms with Crippen molar-refractivity contribution in [2.45, 2.75) is 42.8 Å². The molecule has 0 unspecified atom stereocenters. The second-order valence-corrected chi connectivity index (χ2v) is 7.99. The molecule has 0 bridgehead atoms. The molecular weight excluding hydrogens is 316 g/mol. The number of benzene rings is 1. The molecule has 1 N–H and O–H groups in total. The molecule has 1 aliphatic rings. The van der Waals surface area contributed by atoms with Gasteiger partial charge in [0.25, 0.3) is 5.91 Å². The molecule has 1 aromatic carbocycles. The van der Waals surface area contributed by atoms with E-state index in [-0.39, 0.29) is 11.0 Å². The number of carbonyl (C=O) groups excluding carboxylic acids is 1. The van der Waals surface area contributed by atoms with Crippen LogP contribution in [0.1, 0.15) is 41.9 Å². The van der Waals surface area contributed by atoms with Crippen LogP contribution in [0.2, 0.25) is 0 Å². The fraction of sp³-hybridized carbons (Fsp3) is 0.375. The topological polar surface area (TPSA) is 89.3 Å². The summed E-state index contributed by atoms with van der Waals surface area (Å²) in [4.78, 5) is 12.3. The first kappa shape index (κ1) is 15.7. The molecule has 0 radical (unpaired) electrons. The lowest BCUT2D eigenvalue weighted by Gasteiger charge is -2.11. The number of hydrogen-bond acceptors (Lipinski definition) is 5. The Labute approximate surface area is 134 Å². The summed E-state index contributed by atoms with van der Waals surface area (Å²) in [6.45, 7) is 1.73. The molecule has 7 heteroatoms. The molecule has 3 rings (SSSR count). The van der Waals surface area contributed by atoms with E-state index in [9.17, 15) is 13.2 Å². The minimum Gasteiger partial charge on any atom is -0.351 e. The average molecular weight is 334 g/mol. The molecule has 1 amide bonds. The summed E-state index contributed by atoms with van der Waals surface area (Å²) in [5.41, 5.74) is 1.13. The molecule has 1 fully saturated rings. The molecule has 2 aromatic rings. The van der Waals surface area contributed by atoms with Gasteiger partial charge in [-0.25, -0.2) is 8.42 Å². The fourth-order valence-corrected chi connectivity index (χ4v) is 4.64. The molecule has 122 valence electrons. The van der Waals surface area contributed by atoms with Gasteiger partial charge < -0.3 is 9.84 Å². The SMILES string of the molecule is Cc1cc(C(=O)Nc2ccc(S(=O)(=O)C3CCCC3)cc2)on1. The summed E-state index contributed by atoms with van der Waals surface area (Å²) in [5, 5.41) is 6.03. The van der Waals surface area contributed by atoms with Crippen molar-refractivity contribution >= 4 is 21.4 Å². The highest BCUT2D eigenvalue weighted by atomic mass is 32.2. The summed E-state index contributed by atoms with van der Waals surface area (Å²) >= 11 is 0. The van der Waals surface area contributed by atoms with Gasteiger partial charge >= 0.3 is 0 Å². The van der Waals surface area contributed by atoms with Crippen LogP contribution >= 0.6 is 0 Å². The van der Waals surface area contributed by atoms with Crippen molar-refractivity contribution in [3.63, 3.8) is 0 Å². The molecule has 0 atom stereocenters. The van der Waals surface area contributed by atoms with Crippen molar-refractivity contribution in [2.24, 2.45) is 0 Å². The Morgan fingerprint density at radius 2 is 1.87 bits per heavy atom. The van der Waals surface area contributed by atoms with Gasteiger partial charge in [-0.2, -0.15) is 0 Å². The number of rotatable bonds is 4. The number of aryl methyl sites for hydroxylation is 1. The van der Waals surface area contributed by atoms with Gasteiger partial charge in [-0.3, -0.25) is 4.79 Å². The van der Waals surface area contributed by atoms with Crippen LogP contribution in [-0.4, -0.2) is 24.7 Å². The number of carbonyl (C=O) groups is 1. The summed E-state index contributed by atoms with van der Waals surface area (Å²) < 4.78 is 29.8. The van der Waals surface area contributed by atoms with Gasteiger partial charge in [0.1, 0.15) is 0 Å². The Bertz CT molecular complexity index is 803. The van der Waals surface area contributed by atoms with Crippen molar-refractivity contribution < 1.29 is 17.7 Å². The fourth-order valence-electron chi connectivity index (χ4n) is 2.78. The number of hydrogen-bond donors (Lipinski definition) is 1. The van der Waals surface area contributed by atoms with Crippen molar-refractivity contribution in [2.75, 3.05) is 5.32 Å². The Balaban J connectivity index is 1.73. The van der Waals surface area contributed by atoms with Gasteiger partial charge in [-0.1, -0.05) is 18.0 Å². The number of aromatic nitrogens is 1. The van der Waals surface area contributed by atoms with Gasteiger partial charge in [-0.05, 0) is 44.0 Å². The van der Waals surface area contributed by atoms with Gasteiger partial charge in [0.15, 0.2) is 9.84 Å². The monoisotopic (exact) mass is 334 g/mol. The number of nitrogens with zero attached hydrogens (tertiary/aromatic N) is 1. The van der Waals surface area contributed by atoms with Gasteiger partial charge in [0.05, 0.1) is 15.8 Å². The first-order valence-electron chi connectivity index (χ1n) is 7.55. The minimum absolute atomic E-state index is 0.116. The van der Waals surface area contributed by atoms with Gasteiger partial charge in [-0.15, -0.1) is 0 Å². The zero-order valence-electron chi connectivity index (χ0n) is 12.8. The maximum absolute atomic E-state index is 12.5. The highest BCUT2D eigenvalue weighted by Gasteiger charge is 2.30. The third-order valence-electron chi connectivity index (χ3n) is 4.03. The highest BCUT2D eigenvalue weighted by molar-refractivity contribution is 7.92. The predicted octanol–water partition coefficient (Wildman–Crippen LogP) is 2.95. The van der Waals surface area contributed by atoms with E-state index in [1.165, 1.54) is 18.2 Å². The van der Waals surface area contributed by atoms with E-state index in [0.29, 0.717) is 16.3 Å². The van der Waals surface area contributed by atoms with Crippen molar-refractivity contribution in [3.05, 3.63) is 41.8 Å². The van der Waals surface area contributed by atoms with E-state index in [2.05, 4.69) is 10.5 Å². The van der Waals surface area contributed by atoms with Crippen LogP contribution in [0.3, 0.4) is 0 Å². The Kier molecular flexibility index (Phi) is 4.21. The second kappa shape index (κ2) is 6.16. The highest BCUT2D eigenvalue weighted by Crippen LogP contribution is 2.30. The van der Waals surface area contributed by atoms with Crippen LogP contribution < -0.4 is 5.32 Å². The molecule has 1 heterocycles. The van der Waals surface area contributed by atoms with Crippen LogP contribution in [0.15, 0.2) is 39.8 Å². The molecular formula is C16H18N2O4S. The third-order valence-corrected chi connectivity index (χ3v) is 6.31. The minimum atomic E-state index is -3.27. The molecule has 6 nitrogen and oxygen atoms in total. The second-order valence-electron chi connectivity index (χ2n) is 5.76. The van der Waals surface area contributed by atoms with Crippen LogP contribution in [0.5, 0.6) is 0 Å². The Morgan fingerprint density at radius 3 is 2.43 bits per heavy atom. The van der Waals surface area contributed by atoms with Gasteiger partial charge in [0, 0.05) is 11.8 Å². The number of nitrogens with one attached hydrogen (secondary N) is 1. The van der Waals surface area contributed by atoms with Crippen LogP contribution in [-0.2, 0) is 9.84 Å². The number of sulfone groups is 1. The van der Waals surface area contributed by atoms with E-state index in [4.69, 9.17) is 4.52 Å². The molecule has 0 aliphatic heterocycles. The Morgan fingerprint density at radius 1 is 1.22 bits per heavy atom. The van der Waals surface area contributed by atoms with Crippen LogP contribution in [0.25, 0.3) is 0 Å². The van der Waals surface area contributed by atoms with E-state index in [0.717, 1.165) is 25.7 Å². The van der Waals surface area contributed by atoms with E-state index >= 15 is 0 Å². The van der Waals surface area contributed by atoms with E-state index in [1.54, 1.807) is 19.1 Å². The molecule has 1 aliphatic carbocycles. The quantitative estimate of drug-likeness (QED) is 0.928. The summed E-state index contributed by atoms with van der Waals surface area (Å²) in [6.07, 6.45) is 3.39. The lowest BCUT2D eigenvalue weighted by Crippen LogP contribution is -2.18. The zero-order valence-corrected chi connectivity index (χ0v) is 13.6. The smallest absolute Gasteiger partial charge is 0.294 e. The molecule has 1 aromatic heterocycles. The third kappa shape index (κ3) is 3.29. The molecule has 1 saturated carbocycles. The van der Waals surface area contributed by atoms with E-state index < -0.39 is 15.7 Å². The standard InChI is InChI=1S/C16H18N2O4S/c1-11-10-15(22-18-11)16(19)17-12-6-8-14(9-7-12)23(20,21)13-4-2-3-5-13/h6-10,13H,2-5H2,1H3,(H,17,19).